The van der Waals surface area contributed by atoms with Crippen molar-refractivity contribution in [1.29, 1.82) is 0 Å². The number of hydrogen-bond donors (Lipinski definition) is 1. The zero-order valence-corrected chi connectivity index (χ0v) is 10.1. The van der Waals surface area contributed by atoms with E-state index in [4.69, 9.17) is 5.73 Å². The van der Waals surface area contributed by atoms with E-state index in [-0.39, 0.29) is 5.78 Å². The molecule has 2 nitrogen and oxygen atoms in total. The van der Waals surface area contributed by atoms with Crippen LogP contribution in [0.5, 0.6) is 0 Å². The van der Waals surface area contributed by atoms with Crippen molar-refractivity contribution in [3.63, 3.8) is 0 Å². The van der Waals surface area contributed by atoms with Crippen LogP contribution in [0, 0.1) is 5.92 Å². The first-order chi connectivity index (χ1) is 7.69. The van der Waals surface area contributed by atoms with E-state index in [0.29, 0.717) is 12.3 Å². The molecule has 1 aromatic rings. The van der Waals surface area contributed by atoms with Crippen molar-refractivity contribution in [2.75, 3.05) is 0 Å². The van der Waals surface area contributed by atoms with E-state index >= 15 is 0 Å². The summed E-state index contributed by atoms with van der Waals surface area (Å²) in [5, 5.41) is 0. The molecule has 1 atom stereocenters. The van der Waals surface area contributed by atoms with Crippen LogP contribution < -0.4 is 5.73 Å². The number of benzene rings is 1. The normalized spacial score (nSPS) is 12.8. The lowest BCUT2D eigenvalue weighted by molar-refractivity contribution is -0.121. The zero-order chi connectivity index (χ0) is 12.0. The number of nitrogens with two attached hydrogens (primary N) is 1. The molecule has 0 saturated carbocycles. The predicted octanol–water partition coefficient (Wildman–Crippen LogP) is 3.08. The van der Waals surface area contributed by atoms with E-state index < -0.39 is 6.04 Å². The molecule has 2 N–H and O–H groups in total. The number of ketones is 1. The van der Waals surface area contributed by atoms with Gasteiger partial charge in [-0.25, -0.2) is 0 Å². The Bertz CT molecular complexity index is 317. The monoisotopic (exact) mass is 219 g/mol. The van der Waals surface area contributed by atoms with Crippen LogP contribution in [0.3, 0.4) is 0 Å². The predicted molar refractivity (Wildman–Crippen MR) is 67.1 cm³/mol. The van der Waals surface area contributed by atoms with Crippen LogP contribution >= 0.6 is 0 Å². The molecule has 2 heteroatoms. The largest absolute Gasteiger partial charge is 0.318 e. The second-order valence-corrected chi connectivity index (χ2v) is 4.24. The average Bonchev–Trinajstić information content (AvgIpc) is 2.35. The summed E-state index contributed by atoms with van der Waals surface area (Å²) >= 11 is 0. The molecular weight excluding hydrogens is 198 g/mol. The van der Waals surface area contributed by atoms with Crippen molar-refractivity contribution in [3.8, 4) is 0 Å². The van der Waals surface area contributed by atoms with Crippen molar-refractivity contribution in [2.24, 2.45) is 11.7 Å². The molecule has 1 rings (SSSR count). The minimum absolute atomic E-state index is 0.153. The quantitative estimate of drug-likeness (QED) is 0.799. The van der Waals surface area contributed by atoms with Crippen LogP contribution in [-0.4, -0.2) is 5.78 Å². The van der Waals surface area contributed by atoms with Gasteiger partial charge in [0, 0.05) is 6.42 Å². The second-order valence-electron chi connectivity index (χ2n) is 4.24. The van der Waals surface area contributed by atoms with Crippen molar-refractivity contribution >= 4 is 5.78 Å². The van der Waals surface area contributed by atoms with Crippen molar-refractivity contribution < 1.29 is 4.79 Å². The van der Waals surface area contributed by atoms with Gasteiger partial charge in [-0.1, -0.05) is 57.0 Å². The lowest BCUT2D eigenvalue weighted by atomic mass is 9.92. The number of rotatable bonds is 6. The second kappa shape index (κ2) is 6.44. The number of hydrogen-bond acceptors (Lipinski definition) is 2. The standard InChI is InChI=1S/C14H21NO/c1-3-11(4-2)10-13(16)14(15)12-8-6-5-7-9-12/h5-9,11,14H,3-4,10,15H2,1-2H3/t14-/m1/s1. The number of carbonyl (C=O) groups is 1. The van der Waals surface area contributed by atoms with Gasteiger partial charge in [0.15, 0.2) is 5.78 Å². The average molecular weight is 219 g/mol. The highest BCUT2D eigenvalue weighted by atomic mass is 16.1. The highest BCUT2D eigenvalue weighted by Crippen LogP contribution is 2.19. The lowest BCUT2D eigenvalue weighted by Gasteiger charge is -2.15. The van der Waals surface area contributed by atoms with Crippen molar-refractivity contribution in [2.45, 2.75) is 39.2 Å². The molecule has 0 bridgehead atoms. The van der Waals surface area contributed by atoms with E-state index in [1.807, 2.05) is 30.3 Å². The van der Waals surface area contributed by atoms with Gasteiger partial charge >= 0.3 is 0 Å². The van der Waals surface area contributed by atoms with Gasteiger partial charge in [-0.15, -0.1) is 0 Å². The molecule has 88 valence electrons. The summed E-state index contributed by atoms with van der Waals surface area (Å²) in [5.74, 6) is 0.627. The summed E-state index contributed by atoms with van der Waals surface area (Å²) < 4.78 is 0. The summed E-state index contributed by atoms with van der Waals surface area (Å²) in [6, 6.07) is 9.13. The Labute approximate surface area is 97.9 Å². The SMILES string of the molecule is CCC(CC)CC(=O)[C@H](N)c1ccccc1. The first kappa shape index (κ1) is 12.9. The summed E-state index contributed by atoms with van der Waals surface area (Å²) in [6.45, 7) is 4.24. The minimum atomic E-state index is -0.457. The Hall–Kier alpha value is -1.15. The minimum Gasteiger partial charge on any atom is -0.318 e. The van der Waals surface area contributed by atoms with Gasteiger partial charge in [0.05, 0.1) is 6.04 Å². The van der Waals surface area contributed by atoms with Crippen LogP contribution in [0.4, 0.5) is 0 Å². The van der Waals surface area contributed by atoms with Crippen LogP contribution in [0.2, 0.25) is 0 Å². The van der Waals surface area contributed by atoms with Gasteiger partial charge in [-0.05, 0) is 11.5 Å². The van der Waals surface area contributed by atoms with Gasteiger partial charge in [0.2, 0.25) is 0 Å². The Morgan fingerprint density at radius 2 is 1.75 bits per heavy atom. The van der Waals surface area contributed by atoms with E-state index in [0.717, 1.165) is 18.4 Å². The fraction of sp³-hybridized carbons (Fsp3) is 0.500. The molecule has 1 aromatic carbocycles. The smallest absolute Gasteiger partial charge is 0.154 e. The van der Waals surface area contributed by atoms with Gasteiger partial charge in [-0.3, -0.25) is 4.79 Å². The van der Waals surface area contributed by atoms with Gasteiger partial charge < -0.3 is 5.73 Å². The molecule has 0 saturated heterocycles. The molecule has 0 aromatic heterocycles. The number of Topliss-reactive ketones (excluding diaryl/α,β-unsaturated/α-hetero) is 1. The molecule has 0 fully saturated rings. The Morgan fingerprint density at radius 1 is 1.19 bits per heavy atom. The molecule has 0 unspecified atom stereocenters. The Morgan fingerprint density at radius 3 is 2.25 bits per heavy atom. The van der Waals surface area contributed by atoms with Gasteiger partial charge in [0.25, 0.3) is 0 Å². The molecule has 0 spiro atoms. The highest BCUT2D eigenvalue weighted by Gasteiger charge is 2.18. The highest BCUT2D eigenvalue weighted by molar-refractivity contribution is 5.85. The van der Waals surface area contributed by atoms with E-state index in [1.54, 1.807) is 0 Å². The molecule has 0 aliphatic heterocycles. The molecule has 16 heavy (non-hydrogen) atoms. The maximum absolute atomic E-state index is 11.9. The molecular formula is C14H21NO. The van der Waals surface area contributed by atoms with Crippen molar-refractivity contribution in [1.82, 2.24) is 0 Å². The number of carbonyl (C=O) groups excluding carboxylic acids is 1. The van der Waals surface area contributed by atoms with Gasteiger partial charge in [-0.2, -0.15) is 0 Å². The lowest BCUT2D eigenvalue weighted by Crippen LogP contribution is -2.23. The van der Waals surface area contributed by atoms with Crippen molar-refractivity contribution in [3.05, 3.63) is 35.9 Å². The Balaban J connectivity index is 2.61. The van der Waals surface area contributed by atoms with Crippen LogP contribution in [0.1, 0.15) is 44.7 Å². The van der Waals surface area contributed by atoms with Crippen LogP contribution in [0.15, 0.2) is 30.3 Å². The maximum atomic E-state index is 11.9. The first-order valence-corrected chi connectivity index (χ1v) is 6.02. The van der Waals surface area contributed by atoms with E-state index in [1.165, 1.54) is 0 Å². The summed E-state index contributed by atoms with van der Waals surface area (Å²) in [7, 11) is 0. The first-order valence-electron chi connectivity index (χ1n) is 6.02. The molecule has 0 aliphatic rings. The van der Waals surface area contributed by atoms with E-state index in [9.17, 15) is 4.79 Å². The third-order valence-electron chi connectivity index (χ3n) is 3.15. The zero-order valence-electron chi connectivity index (χ0n) is 10.1. The topological polar surface area (TPSA) is 43.1 Å². The maximum Gasteiger partial charge on any atom is 0.154 e. The van der Waals surface area contributed by atoms with E-state index in [2.05, 4.69) is 13.8 Å². The molecule has 0 amide bonds. The summed E-state index contributed by atoms with van der Waals surface area (Å²) in [6.07, 6.45) is 2.69. The summed E-state index contributed by atoms with van der Waals surface area (Å²) in [4.78, 5) is 11.9. The summed E-state index contributed by atoms with van der Waals surface area (Å²) in [5.41, 5.74) is 6.86. The molecule has 0 aliphatic carbocycles. The van der Waals surface area contributed by atoms with Crippen LogP contribution in [-0.2, 0) is 4.79 Å². The third kappa shape index (κ3) is 3.46. The van der Waals surface area contributed by atoms with Gasteiger partial charge in [0.1, 0.15) is 0 Å². The fourth-order valence-electron chi connectivity index (χ4n) is 1.84. The third-order valence-corrected chi connectivity index (χ3v) is 3.15. The van der Waals surface area contributed by atoms with Crippen LogP contribution in [0.25, 0.3) is 0 Å². The fourth-order valence-corrected chi connectivity index (χ4v) is 1.84. The Kier molecular flexibility index (Phi) is 5.20. The molecule has 0 radical (unpaired) electrons. The molecule has 0 heterocycles.